The lowest BCUT2D eigenvalue weighted by molar-refractivity contribution is 0.589. The highest BCUT2D eigenvalue weighted by Gasteiger charge is 2.17. The van der Waals surface area contributed by atoms with Gasteiger partial charge in [0.15, 0.2) is 11.2 Å². The number of benzene rings is 4. The van der Waals surface area contributed by atoms with Gasteiger partial charge >= 0.3 is 0 Å². The van der Waals surface area contributed by atoms with Crippen molar-refractivity contribution in [1.82, 2.24) is 9.97 Å². The van der Waals surface area contributed by atoms with Gasteiger partial charge in [0.05, 0.1) is 0 Å². The van der Waals surface area contributed by atoms with Gasteiger partial charge in [-0.2, -0.15) is 0 Å². The number of hydrogen-bond donors (Lipinski definition) is 0. The van der Waals surface area contributed by atoms with E-state index in [2.05, 4.69) is 126 Å². The Balaban J connectivity index is 1.16. The van der Waals surface area contributed by atoms with Crippen molar-refractivity contribution in [2.45, 2.75) is 52.4 Å². The molecule has 40 heavy (non-hydrogen) atoms. The van der Waals surface area contributed by atoms with Gasteiger partial charge in [-0.1, -0.05) is 90.1 Å². The molecule has 4 aromatic carbocycles. The number of aromatic nitrogens is 2. The molecule has 6 rings (SSSR count). The standard InChI is InChI=1S/C36H34N2O2/c1-35(2,3)27-17-19-31-29(21-27)37-33(39-31)25-13-9-23(10-14-25)7-8-24-11-15-26(16-12-24)34-38-30-22-28(36(4,5)6)18-20-32(30)40-34/h7-22H,1-6H3. The summed E-state index contributed by atoms with van der Waals surface area (Å²) >= 11 is 0. The van der Waals surface area contributed by atoms with Crippen LogP contribution >= 0.6 is 0 Å². The molecule has 0 aliphatic carbocycles. The van der Waals surface area contributed by atoms with E-state index in [4.69, 9.17) is 18.8 Å². The minimum absolute atomic E-state index is 0.0718. The molecule has 6 aromatic rings. The van der Waals surface area contributed by atoms with Gasteiger partial charge in [-0.3, -0.25) is 0 Å². The molecule has 0 N–H and O–H groups in total. The minimum Gasteiger partial charge on any atom is -0.436 e. The summed E-state index contributed by atoms with van der Waals surface area (Å²) in [5, 5.41) is 0. The van der Waals surface area contributed by atoms with E-state index in [0.29, 0.717) is 11.8 Å². The molecular weight excluding hydrogens is 492 g/mol. The summed E-state index contributed by atoms with van der Waals surface area (Å²) < 4.78 is 12.1. The third kappa shape index (κ3) is 5.22. The molecule has 0 fully saturated rings. The molecule has 0 spiro atoms. The van der Waals surface area contributed by atoms with Crippen molar-refractivity contribution in [3.8, 4) is 22.9 Å². The average Bonchev–Trinajstić information content (AvgIpc) is 3.55. The van der Waals surface area contributed by atoms with Crippen LogP contribution in [0.5, 0.6) is 0 Å². The Bertz CT molecular complexity index is 1700. The van der Waals surface area contributed by atoms with E-state index in [9.17, 15) is 0 Å². The second-order valence-corrected chi connectivity index (χ2v) is 12.5. The Hall–Kier alpha value is -4.44. The number of nitrogens with zero attached hydrogens (tertiary/aromatic N) is 2. The van der Waals surface area contributed by atoms with Crippen LogP contribution in [-0.2, 0) is 10.8 Å². The van der Waals surface area contributed by atoms with Crippen molar-refractivity contribution in [2.75, 3.05) is 0 Å². The SMILES string of the molecule is CC(C)(C)c1ccc2oc(-c3ccc(C=Cc4ccc(-c5nc6cc(C(C)(C)C)ccc6o5)cc4)cc3)nc2c1. The quantitative estimate of drug-likeness (QED) is 0.214. The molecular formula is C36H34N2O2. The van der Waals surface area contributed by atoms with Crippen LogP contribution in [0.25, 0.3) is 57.3 Å². The monoisotopic (exact) mass is 526 g/mol. The highest BCUT2D eigenvalue weighted by molar-refractivity contribution is 5.79. The Morgan fingerprint density at radius 2 is 0.875 bits per heavy atom. The van der Waals surface area contributed by atoms with Crippen LogP contribution < -0.4 is 0 Å². The average molecular weight is 527 g/mol. The zero-order valence-corrected chi connectivity index (χ0v) is 23.9. The van der Waals surface area contributed by atoms with Gasteiger partial charge in [0.2, 0.25) is 11.8 Å². The highest BCUT2D eigenvalue weighted by Crippen LogP contribution is 2.31. The fourth-order valence-corrected chi connectivity index (χ4v) is 4.70. The molecule has 0 aliphatic rings. The predicted octanol–water partition coefficient (Wildman–Crippen LogP) is 10.1. The normalized spacial score (nSPS) is 12.7. The van der Waals surface area contributed by atoms with Crippen molar-refractivity contribution in [2.24, 2.45) is 0 Å². The van der Waals surface area contributed by atoms with Crippen LogP contribution in [-0.4, -0.2) is 9.97 Å². The van der Waals surface area contributed by atoms with Crippen molar-refractivity contribution < 1.29 is 8.83 Å². The van der Waals surface area contributed by atoms with Gasteiger partial charge in [0, 0.05) is 11.1 Å². The largest absolute Gasteiger partial charge is 0.436 e. The first-order chi connectivity index (χ1) is 19.0. The Morgan fingerprint density at radius 3 is 1.23 bits per heavy atom. The predicted molar refractivity (Wildman–Crippen MR) is 165 cm³/mol. The Labute approximate surface area is 235 Å². The minimum atomic E-state index is 0.0718. The van der Waals surface area contributed by atoms with Gasteiger partial charge in [-0.15, -0.1) is 0 Å². The number of fused-ring (bicyclic) bond motifs is 2. The zero-order valence-electron chi connectivity index (χ0n) is 23.9. The smallest absolute Gasteiger partial charge is 0.227 e. The molecule has 0 unspecified atom stereocenters. The lowest BCUT2D eigenvalue weighted by atomic mass is 9.87. The number of oxazole rings is 2. The maximum atomic E-state index is 6.04. The highest BCUT2D eigenvalue weighted by atomic mass is 16.4. The summed E-state index contributed by atoms with van der Waals surface area (Å²) in [6, 6.07) is 29.1. The summed E-state index contributed by atoms with van der Waals surface area (Å²) in [6.07, 6.45) is 4.21. The summed E-state index contributed by atoms with van der Waals surface area (Å²) in [4.78, 5) is 9.49. The Kier molecular flexibility index (Phi) is 6.22. The third-order valence-corrected chi connectivity index (χ3v) is 7.29. The van der Waals surface area contributed by atoms with Crippen molar-refractivity contribution in [3.63, 3.8) is 0 Å². The van der Waals surface area contributed by atoms with Gasteiger partial charge in [0.25, 0.3) is 0 Å². The summed E-state index contributed by atoms with van der Waals surface area (Å²) in [6.45, 7) is 13.2. The van der Waals surface area contributed by atoms with Gasteiger partial charge in [-0.05, 0) is 81.6 Å². The first-order valence-electron chi connectivity index (χ1n) is 13.7. The van der Waals surface area contributed by atoms with E-state index in [1.54, 1.807) is 0 Å². The zero-order chi connectivity index (χ0) is 28.1. The first kappa shape index (κ1) is 25.8. The van der Waals surface area contributed by atoms with E-state index in [0.717, 1.165) is 44.5 Å². The number of hydrogen-bond acceptors (Lipinski definition) is 4. The Morgan fingerprint density at radius 1 is 0.500 bits per heavy atom. The van der Waals surface area contributed by atoms with Crippen molar-refractivity contribution in [3.05, 3.63) is 107 Å². The lowest BCUT2D eigenvalue weighted by Crippen LogP contribution is -2.10. The van der Waals surface area contributed by atoms with Crippen LogP contribution in [0.1, 0.15) is 63.8 Å². The van der Waals surface area contributed by atoms with E-state index < -0.39 is 0 Å². The van der Waals surface area contributed by atoms with Gasteiger partial charge < -0.3 is 8.83 Å². The maximum absolute atomic E-state index is 6.04. The van der Waals surface area contributed by atoms with Crippen molar-refractivity contribution in [1.29, 1.82) is 0 Å². The number of rotatable bonds is 4. The summed E-state index contributed by atoms with van der Waals surface area (Å²) in [7, 11) is 0. The molecule has 0 atom stereocenters. The lowest BCUT2D eigenvalue weighted by Gasteiger charge is -2.18. The van der Waals surface area contributed by atoms with Crippen LogP contribution in [0.15, 0.2) is 93.8 Å². The second-order valence-electron chi connectivity index (χ2n) is 12.5. The van der Waals surface area contributed by atoms with Crippen LogP contribution in [0.2, 0.25) is 0 Å². The first-order valence-corrected chi connectivity index (χ1v) is 13.7. The van der Waals surface area contributed by atoms with Crippen LogP contribution in [0, 0.1) is 0 Å². The molecule has 2 heterocycles. The molecule has 0 radical (unpaired) electrons. The fraction of sp³-hybridized carbons (Fsp3) is 0.222. The topological polar surface area (TPSA) is 52.1 Å². The molecule has 0 saturated heterocycles. The summed E-state index contributed by atoms with van der Waals surface area (Å²) in [5.74, 6) is 1.28. The van der Waals surface area contributed by atoms with Gasteiger partial charge in [0.1, 0.15) is 11.0 Å². The molecule has 200 valence electrons. The molecule has 0 aliphatic heterocycles. The maximum Gasteiger partial charge on any atom is 0.227 e. The second kappa shape index (κ2) is 9.63. The third-order valence-electron chi connectivity index (χ3n) is 7.29. The molecule has 2 aromatic heterocycles. The van der Waals surface area contributed by atoms with Crippen LogP contribution in [0.4, 0.5) is 0 Å². The molecule has 0 amide bonds. The molecule has 0 bridgehead atoms. The van der Waals surface area contributed by atoms with Crippen LogP contribution in [0.3, 0.4) is 0 Å². The molecule has 4 heteroatoms. The molecule has 0 saturated carbocycles. The molecule has 4 nitrogen and oxygen atoms in total. The van der Waals surface area contributed by atoms with E-state index in [1.165, 1.54) is 11.1 Å². The van der Waals surface area contributed by atoms with Crippen molar-refractivity contribution >= 4 is 34.4 Å². The van der Waals surface area contributed by atoms with E-state index in [-0.39, 0.29) is 10.8 Å². The van der Waals surface area contributed by atoms with Gasteiger partial charge in [-0.25, -0.2) is 9.97 Å². The summed E-state index contributed by atoms with van der Waals surface area (Å²) in [5.41, 5.74) is 10.2. The fourth-order valence-electron chi connectivity index (χ4n) is 4.70. The van der Waals surface area contributed by atoms with E-state index in [1.807, 2.05) is 12.1 Å². The van der Waals surface area contributed by atoms with E-state index >= 15 is 0 Å².